The van der Waals surface area contributed by atoms with Gasteiger partial charge in [-0.1, -0.05) is 18.2 Å². The number of carbonyl (C=O) groups is 1. The molecule has 0 spiro atoms. The van der Waals surface area contributed by atoms with Crippen LogP contribution in [0.25, 0.3) is 6.08 Å². The van der Waals surface area contributed by atoms with Gasteiger partial charge in [0.05, 0.1) is 6.20 Å². The third kappa shape index (κ3) is 3.37. The van der Waals surface area contributed by atoms with E-state index in [-0.39, 0.29) is 22.1 Å². The molecule has 1 amide bonds. The minimum Gasteiger partial charge on any atom is -0.494 e. The van der Waals surface area contributed by atoms with Crippen LogP contribution >= 0.6 is 12.2 Å². The first kappa shape index (κ1) is 17.5. The number of aromatic nitrogens is 2. The number of anilines is 1. The normalized spacial score (nSPS) is 9.96. The lowest BCUT2D eigenvalue weighted by Crippen LogP contribution is -2.24. The summed E-state index contributed by atoms with van der Waals surface area (Å²) in [4.78, 5) is 25.4. The summed E-state index contributed by atoms with van der Waals surface area (Å²) in [6.45, 7) is 1.42. The molecule has 1 aromatic heterocycles. The standard InChI is InChI=1S/C17H17N3O3S/c1-12(21)20(13-8-5-4-6-9-13)11-7-10-14-15(22)18(2)17(24)19(3)16(14)23/h4-6,8-11,22H,1-3H3. The summed E-state index contributed by atoms with van der Waals surface area (Å²) < 4.78 is 2.78. The molecule has 0 saturated carbocycles. The van der Waals surface area contributed by atoms with Gasteiger partial charge in [-0.3, -0.25) is 23.6 Å². The van der Waals surface area contributed by atoms with Gasteiger partial charge in [0.15, 0.2) is 4.77 Å². The Morgan fingerprint density at radius 2 is 1.88 bits per heavy atom. The molecule has 24 heavy (non-hydrogen) atoms. The average Bonchev–Trinajstić information content (AvgIpc) is 2.58. The Kier molecular flexibility index (Phi) is 5.18. The second-order valence-corrected chi connectivity index (χ2v) is 5.47. The Labute approximate surface area is 144 Å². The number of rotatable bonds is 3. The topological polar surface area (TPSA) is 67.5 Å². The van der Waals surface area contributed by atoms with Gasteiger partial charge in [0.1, 0.15) is 5.56 Å². The first-order chi connectivity index (χ1) is 11.3. The van der Waals surface area contributed by atoms with Crippen LogP contribution in [0.2, 0.25) is 0 Å². The van der Waals surface area contributed by atoms with E-state index < -0.39 is 5.56 Å². The van der Waals surface area contributed by atoms with E-state index in [9.17, 15) is 14.7 Å². The number of aromatic hydroxyl groups is 1. The lowest BCUT2D eigenvalue weighted by Gasteiger charge is -2.14. The zero-order valence-corrected chi connectivity index (χ0v) is 14.4. The summed E-state index contributed by atoms with van der Waals surface area (Å²) in [7, 11) is 3.08. The fourth-order valence-electron chi connectivity index (χ4n) is 2.12. The molecule has 1 N–H and O–H groups in total. The quantitative estimate of drug-likeness (QED) is 0.686. The Morgan fingerprint density at radius 3 is 2.46 bits per heavy atom. The molecule has 2 aromatic rings. The molecule has 1 aromatic carbocycles. The first-order valence-electron chi connectivity index (χ1n) is 7.11. The van der Waals surface area contributed by atoms with Crippen molar-refractivity contribution >= 4 is 29.9 Å². The highest BCUT2D eigenvalue weighted by atomic mass is 32.1. The molecule has 0 saturated heterocycles. The van der Waals surface area contributed by atoms with Gasteiger partial charge >= 0.3 is 0 Å². The number of amides is 1. The van der Waals surface area contributed by atoms with Crippen LogP contribution < -0.4 is 10.5 Å². The van der Waals surface area contributed by atoms with Crippen LogP contribution in [0.15, 0.2) is 47.1 Å². The Morgan fingerprint density at radius 1 is 1.25 bits per heavy atom. The van der Waals surface area contributed by atoms with Crippen molar-refractivity contribution in [1.29, 1.82) is 0 Å². The zero-order chi connectivity index (χ0) is 17.9. The van der Waals surface area contributed by atoms with Crippen molar-refractivity contribution in [3.63, 3.8) is 0 Å². The second kappa shape index (κ2) is 7.12. The fourth-order valence-corrected chi connectivity index (χ4v) is 2.29. The fraction of sp³-hybridized carbons (Fsp3) is 0.176. The zero-order valence-electron chi connectivity index (χ0n) is 13.6. The predicted octanol–water partition coefficient (Wildman–Crippen LogP) is 2.34. The highest BCUT2D eigenvalue weighted by molar-refractivity contribution is 7.71. The van der Waals surface area contributed by atoms with E-state index in [0.717, 1.165) is 0 Å². The van der Waals surface area contributed by atoms with E-state index in [1.807, 2.05) is 18.2 Å². The summed E-state index contributed by atoms with van der Waals surface area (Å²) in [5.41, 5.74) is 3.05. The lowest BCUT2D eigenvalue weighted by atomic mass is 10.3. The molecular formula is C17H17N3O3S. The largest absolute Gasteiger partial charge is 0.494 e. The van der Waals surface area contributed by atoms with Crippen LogP contribution in [-0.2, 0) is 18.9 Å². The summed E-state index contributed by atoms with van der Waals surface area (Å²) in [6.07, 6.45) is 2.74. The van der Waals surface area contributed by atoms with Crippen molar-refractivity contribution in [3.8, 4) is 5.88 Å². The van der Waals surface area contributed by atoms with Gasteiger partial charge in [-0.15, -0.1) is 5.73 Å². The average molecular weight is 343 g/mol. The molecule has 124 valence electrons. The first-order valence-corrected chi connectivity index (χ1v) is 7.52. The van der Waals surface area contributed by atoms with Crippen molar-refractivity contribution in [2.45, 2.75) is 6.92 Å². The van der Waals surface area contributed by atoms with Gasteiger partial charge in [-0.05, 0) is 30.4 Å². The molecular weight excluding hydrogens is 326 g/mol. The van der Waals surface area contributed by atoms with E-state index in [4.69, 9.17) is 12.2 Å². The van der Waals surface area contributed by atoms with E-state index >= 15 is 0 Å². The molecule has 0 radical (unpaired) electrons. The third-order valence-electron chi connectivity index (χ3n) is 3.47. The second-order valence-electron chi connectivity index (χ2n) is 5.11. The summed E-state index contributed by atoms with van der Waals surface area (Å²) >= 11 is 5.05. The molecule has 1 heterocycles. The van der Waals surface area contributed by atoms with E-state index in [1.54, 1.807) is 19.2 Å². The van der Waals surface area contributed by atoms with Crippen LogP contribution in [-0.4, -0.2) is 20.1 Å². The van der Waals surface area contributed by atoms with Crippen LogP contribution in [0.3, 0.4) is 0 Å². The Bertz CT molecular complexity index is 952. The van der Waals surface area contributed by atoms with Crippen LogP contribution in [0.4, 0.5) is 5.69 Å². The van der Waals surface area contributed by atoms with Crippen LogP contribution in [0.5, 0.6) is 5.88 Å². The van der Waals surface area contributed by atoms with Crippen LogP contribution in [0, 0.1) is 4.77 Å². The number of carbonyl (C=O) groups excluding carboxylic acids is 1. The number of para-hydroxylation sites is 1. The summed E-state index contributed by atoms with van der Waals surface area (Å²) in [6, 6.07) is 9.03. The monoisotopic (exact) mass is 343 g/mol. The molecule has 7 heteroatoms. The summed E-state index contributed by atoms with van der Waals surface area (Å²) in [5, 5.41) is 10.1. The highest BCUT2D eigenvalue weighted by Crippen LogP contribution is 2.15. The van der Waals surface area contributed by atoms with Gasteiger partial charge in [0.25, 0.3) is 5.56 Å². The minimum absolute atomic E-state index is 0.0430. The van der Waals surface area contributed by atoms with Gasteiger partial charge in [0, 0.05) is 26.7 Å². The summed E-state index contributed by atoms with van der Waals surface area (Å²) in [5.74, 6) is -0.455. The van der Waals surface area contributed by atoms with Crippen molar-refractivity contribution in [3.05, 3.63) is 63.0 Å². The van der Waals surface area contributed by atoms with Gasteiger partial charge in [-0.2, -0.15) is 0 Å². The molecule has 0 unspecified atom stereocenters. The maximum atomic E-state index is 12.2. The van der Waals surface area contributed by atoms with E-state index in [1.165, 1.54) is 40.3 Å². The third-order valence-corrected chi connectivity index (χ3v) is 4.02. The van der Waals surface area contributed by atoms with Gasteiger partial charge in [0.2, 0.25) is 11.8 Å². The highest BCUT2D eigenvalue weighted by Gasteiger charge is 2.10. The number of hydrogen-bond acceptors (Lipinski definition) is 4. The van der Waals surface area contributed by atoms with E-state index in [0.29, 0.717) is 5.69 Å². The molecule has 6 nitrogen and oxygen atoms in total. The molecule has 0 fully saturated rings. The SMILES string of the molecule is CC(=O)N(C=C=Cc1c(O)n(C)c(=S)n(C)c1=O)c1ccccc1. The maximum absolute atomic E-state index is 12.2. The molecule has 2 rings (SSSR count). The molecule has 0 aliphatic carbocycles. The Hall–Kier alpha value is -2.89. The molecule has 0 aliphatic rings. The lowest BCUT2D eigenvalue weighted by molar-refractivity contribution is -0.115. The van der Waals surface area contributed by atoms with E-state index in [2.05, 4.69) is 5.73 Å². The molecule has 0 aliphatic heterocycles. The van der Waals surface area contributed by atoms with Crippen molar-refractivity contribution in [2.24, 2.45) is 14.1 Å². The number of nitrogens with zero attached hydrogens (tertiary/aromatic N) is 3. The molecule has 0 bridgehead atoms. The molecule has 0 atom stereocenters. The van der Waals surface area contributed by atoms with Crippen molar-refractivity contribution < 1.29 is 9.90 Å². The predicted molar refractivity (Wildman–Crippen MR) is 95.3 cm³/mol. The van der Waals surface area contributed by atoms with Gasteiger partial charge in [-0.25, -0.2) is 0 Å². The number of hydrogen-bond donors (Lipinski definition) is 1. The van der Waals surface area contributed by atoms with Crippen LogP contribution in [0.1, 0.15) is 12.5 Å². The van der Waals surface area contributed by atoms with Crippen molar-refractivity contribution in [1.82, 2.24) is 9.13 Å². The van der Waals surface area contributed by atoms with Gasteiger partial charge < -0.3 is 5.11 Å². The maximum Gasteiger partial charge on any atom is 0.265 e. The van der Waals surface area contributed by atoms with Crippen molar-refractivity contribution in [2.75, 3.05) is 4.90 Å². The smallest absolute Gasteiger partial charge is 0.265 e. The Balaban J connectivity index is 2.50. The minimum atomic E-state index is -0.439. The number of benzene rings is 1.